The van der Waals surface area contributed by atoms with E-state index in [-0.39, 0.29) is 10.9 Å². The van der Waals surface area contributed by atoms with E-state index in [1.165, 1.54) is 4.88 Å². The summed E-state index contributed by atoms with van der Waals surface area (Å²) in [5.74, 6) is 0. The number of nitrogens with one attached hydrogen (secondary N) is 2. The Morgan fingerprint density at radius 2 is 1.34 bits per heavy atom. The van der Waals surface area contributed by atoms with Crippen molar-refractivity contribution in [3.63, 3.8) is 0 Å². The van der Waals surface area contributed by atoms with Crippen LogP contribution in [-0.4, -0.2) is 8.42 Å². The lowest BCUT2D eigenvalue weighted by Gasteiger charge is -2.30. The SMILES string of the molecule is Cc1ccc(S(=O)(=O)NC(c2ccccc2)C(NCc2cccs2)c2ccccc2)cc1. The fourth-order valence-electron chi connectivity index (χ4n) is 3.65. The first-order valence-corrected chi connectivity index (χ1v) is 12.8. The Balaban J connectivity index is 1.73. The van der Waals surface area contributed by atoms with E-state index in [2.05, 4.69) is 16.1 Å². The molecule has 0 saturated heterocycles. The molecule has 4 aromatic rings. The van der Waals surface area contributed by atoms with Crippen molar-refractivity contribution in [3.05, 3.63) is 124 Å². The minimum atomic E-state index is -3.74. The molecule has 0 saturated carbocycles. The summed E-state index contributed by atoms with van der Waals surface area (Å²) in [5.41, 5.74) is 2.93. The molecule has 0 fully saturated rings. The van der Waals surface area contributed by atoms with Gasteiger partial charge < -0.3 is 5.32 Å². The summed E-state index contributed by atoms with van der Waals surface area (Å²) in [4.78, 5) is 1.45. The van der Waals surface area contributed by atoms with E-state index in [0.29, 0.717) is 6.54 Å². The predicted octanol–water partition coefficient (Wildman–Crippen LogP) is 5.61. The summed E-state index contributed by atoms with van der Waals surface area (Å²) >= 11 is 1.68. The van der Waals surface area contributed by atoms with Crippen LogP contribution < -0.4 is 10.0 Å². The first-order chi connectivity index (χ1) is 15.5. The Morgan fingerprint density at radius 1 is 0.750 bits per heavy atom. The van der Waals surface area contributed by atoms with Crippen molar-refractivity contribution in [1.29, 1.82) is 0 Å². The van der Waals surface area contributed by atoms with Crippen molar-refractivity contribution in [2.24, 2.45) is 0 Å². The third-order valence-corrected chi connectivity index (χ3v) is 7.67. The van der Waals surface area contributed by atoms with Crippen LogP contribution in [-0.2, 0) is 16.6 Å². The highest BCUT2D eigenvalue weighted by Crippen LogP contribution is 2.31. The van der Waals surface area contributed by atoms with Crippen LogP contribution in [0.5, 0.6) is 0 Å². The standard InChI is InChI=1S/C26H26N2O2S2/c1-20-14-16-24(17-15-20)32(29,30)28-26(22-11-6-3-7-12-22)25(21-9-4-2-5-10-21)27-19-23-13-8-18-31-23/h2-18,25-28H,19H2,1H3. The Labute approximate surface area is 194 Å². The zero-order valence-electron chi connectivity index (χ0n) is 17.8. The second kappa shape index (κ2) is 10.2. The van der Waals surface area contributed by atoms with Gasteiger partial charge in [0.1, 0.15) is 0 Å². The van der Waals surface area contributed by atoms with Crippen LogP contribution in [0.4, 0.5) is 0 Å². The molecule has 0 bridgehead atoms. The molecule has 0 radical (unpaired) electrons. The molecule has 1 heterocycles. The largest absolute Gasteiger partial charge is 0.303 e. The molecule has 0 spiro atoms. The van der Waals surface area contributed by atoms with Crippen LogP contribution in [0.3, 0.4) is 0 Å². The molecule has 1 aromatic heterocycles. The van der Waals surface area contributed by atoms with Gasteiger partial charge in [-0.05, 0) is 41.6 Å². The van der Waals surface area contributed by atoms with Gasteiger partial charge in [-0.1, -0.05) is 84.4 Å². The summed E-state index contributed by atoms with van der Waals surface area (Å²) in [6.07, 6.45) is 0. The summed E-state index contributed by atoms with van der Waals surface area (Å²) in [7, 11) is -3.74. The first-order valence-electron chi connectivity index (χ1n) is 10.5. The molecule has 32 heavy (non-hydrogen) atoms. The number of sulfonamides is 1. The van der Waals surface area contributed by atoms with Crippen molar-refractivity contribution >= 4 is 21.4 Å². The summed E-state index contributed by atoms with van der Waals surface area (Å²) < 4.78 is 29.7. The quantitative estimate of drug-likeness (QED) is 0.340. The van der Waals surface area contributed by atoms with Gasteiger partial charge in [0.2, 0.25) is 10.0 Å². The van der Waals surface area contributed by atoms with E-state index in [4.69, 9.17) is 0 Å². The first kappa shape index (κ1) is 22.4. The third-order valence-electron chi connectivity index (χ3n) is 5.34. The maximum atomic E-state index is 13.4. The molecule has 4 rings (SSSR count). The zero-order valence-corrected chi connectivity index (χ0v) is 19.4. The zero-order chi connectivity index (χ0) is 22.4. The maximum Gasteiger partial charge on any atom is 0.241 e. The molecule has 6 heteroatoms. The number of hydrogen-bond donors (Lipinski definition) is 2. The molecule has 3 aromatic carbocycles. The highest BCUT2D eigenvalue weighted by molar-refractivity contribution is 7.89. The van der Waals surface area contributed by atoms with E-state index in [1.807, 2.05) is 91.2 Å². The Hall–Kier alpha value is -2.77. The average Bonchev–Trinajstić information content (AvgIpc) is 3.34. The molecule has 0 aliphatic rings. The van der Waals surface area contributed by atoms with Crippen LogP contribution in [0.15, 0.2) is 107 Å². The maximum absolute atomic E-state index is 13.4. The molecule has 2 atom stereocenters. The van der Waals surface area contributed by atoms with Crippen molar-refractivity contribution in [2.75, 3.05) is 0 Å². The summed E-state index contributed by atoms with van der Waals surface area (Å²) in [6.45, 7) is 2.59. The van der Waals surface area contributed by atoms with Gasteiger partial charge in [-0.15, -0.1) is 11.3 Å². The van der Waals surface area contributed by atoms with E-state index in [0.717, 1.165) is 16.7 Å². The van der Waals surface area contributed by atoms with Gasteiger partial charge in [0.25, 0.3) is 0 Å². The number of hydrogen-bond acceptors (Lipinski definition) is 4. The average molecular weight is 463 g/mol. The minimum Gasteiger partial charge on any atom is -0.303 e. The summed E-state index contributed by atoms with van der Waals surface area (Å²) in [5, 5.41) is 5.65. The topological polar surface area (TPSA) is 58.2 Å². The van der Waals surface area contributed by atoms with Crippen LogP contribution in [0, 0.1) is 6.92 Å². The van der Waals surface area contributed by atoms with E-state index < -0.39 is 16.1 Å². The van der Waals surface area contributed by atoms with Crippen LogP contribution >= 0.6 is 11.3 Å². The van der Waals surface area contributed by atoms with Crippen LogP contribution in [0.2, 0.25) is 0 Å². The molecule has 0 amide bonds. The molecule has 4 nitrogen and oxygen atoms in total. The number of thiophene rings is 1. The van der Waals surface area contributed by atoms with Crippen molar-refractivity contribution < 1.29 is 8.42 Å². The van der Waals surface area contributed by atoms with Gasteiger partial charge in [-0.25, -0.2) is 13.1 Å². The fourth-order valence-corrected chi connectivity index (χ4v) is 5.55. The lowest BCUT2D eigenvalue weighted by atomic mass is 9.94. The second-order valence-corrected chi connectivity index (χ2v) is 10.4. The molecule has 0 aliphatic carbocycles. The van der Waals surface area contributed by atoms with Crippen molar-refractivity contribution in [3.8, 4) is 0 Å². The van der Waals surface area contributed by atoms with Gasteiger partial charge in [0.05, 0.1) is 17.0 Å². The van der Waals surface area contributed by atoms with Gasteiger partial charge in [0, 0.05) is 11.4 Å². The van der Waals surface area contributed by atoms with Crippen molar-refractivity contribution in [1.82, 2.24) is 10.0 Å². The molecule has 2 unspecified atom stereocenters. The van der Waals surface area contributed by atoms with Gasteiger partial charge >= 0.3 is 0 Å². The summed E-state index contributed by atoms with van der Waals surface area (Å²) in [6, 6.07) is 30.0. The lowest BCUT2D eigenvalue weighted by Crippen LogP contribution is -2.38. The Bertz CT molecular complexity index is 1210. The fraction of sp³-hybridized carbons (Fsp3) is 0.154. The van der Waals surface area contributed by atoms with Gasteiger partial charge in [0.15, 0.2) is 0 Å². The lowest BCUT2D eigenvalue weighted by molar-refractivity contribution is 0.423. The predicted molar refractivity (Wildman–Crippen MR) is 131 cm³/mol. The highest BCUT2D eigenvalue weighted by atomic mass is 32.2. The second-order valence-electron chi connectivity index (χ2n) is 7.67. The molecular formula is C26H26N2O2S2. The van der Waals surface area contributed by atoms with E-state index in [9.17, 15) is 8.42 Å². The molecule has 0 aliphatic heterocycles. The normalized spacial score (nSPS) is 13.5. The Kier molecular flexibility index (Phi) is 7.17. The third kappa shape index (κ3) is 5.53. The molecule has 164 valence electrons. The van der Waals surface area contributed by atoms with Gasteiger partial charge in [-0.2, -0.15) is 0 Å². The monoisotopic (exact) mass is 462 g/mol. The van der Waals surface area contributed by atoms with E-state index >= 15 is 0 Å². The number of rotatable bonds is 9. The molecule has 2 N–H and O–H groups in total. The van der Waals surface area contributed by atoms with Crippen LogP contribution in [0.25, 0.3) is 0 Å². The van der Waals surface area contributed by atoms with E-state index in [1.54, 1.807) is 23.5 Å². The number of aryl methyl sites for hydroxylation is 1. The highest BCUT2D eigenvalue weighted by Gasteiger charge is 2.29. The smallest absolute Gasteiger partial charge is 0.241 e. The Morgan fingerprint density at radius 3 is 1.91 bits per heavy atom. The number of benzene rings is 3. The van der Waals surface area contributed by atoms with Crippen LogP contribution in [0.1, 0.15) is 33.7 Å². The molecular weight excluding hydrogens is 436 g/mol. The van der Waals surface area contributed by atoms with Crippen molar-refractivity contribution in [2.45, 2.75) is 30.4 Å². The minimum absolute atomic E-state index is 0.258. The van der Waals surface area contributed by atoms with Gasteiger partial charge in [-0.3, -0.25) is 0 Å².